The molecule has 3 rings (SSSR count). The number of rotatable bonds is 7. The molecule has 0 aliphatic rings. The summed E-state index contributed by atoms with van der Waals surface area (Å²) in [5.41, 5.74) is 1.36. The Morgan fingerprint density at radius 1 is 0.968 bits per heavy atom. The fourth-order valence-electron chi connectivity index (χ4n) is 2.62. The van der Waals surface area contributed by atoms with Crippen LogP contribution in [-0.2, 0) is 4.79 Å². The molecule has 1 atom stereocenters. The van der Waals surface area contributed by atoms with E-state index in [4.69, 9.17) is 0 Å². The third kappa shape index (κ3) is 6.53. The van der Waals surface area contributed by atoms with Crippen molar-refractivity contribution < 1.29 is 14.5 Å². The van der Waals surface area contributed by atoms with Gasteiger partial charge in [-0.3, -0.25) is 19.7 Å². The maximum Gasteiger partial charge on any atom is 0.270 e. The van der Waals surface area contributed by atoms with Crippen molar-refractivity contribution in [1.82, 2.24) is 0 Å². The molecule has 2 N–H and O–H groups in total. The zero-order chi connectivity index (χ0) is 22.4. The number of halogens is 1. The summed E-state index contributed by atoms with van der Waals surface area (Å²) in [5, 5.41) is 16.2. The van der Waals surface area contributed by atoms with Gasteiger partial charge < -0.3 is 10.6 Å². The average Bonchev–Trinajstić information content (AvgIpc) is 2.76. The van der Waals surface area contributed by atoms with Gasteiger partial charge in [0.25, 0.3) is 11.6 Å². The largest absolute Gasteiger partial charge is 0.325 e. The highest BCUT2D eigenvalue weighted by Crippen LogP contribution is 2.26. The van der Waals surface area contributed by atoms with E-state index < -0.39 is 10.8 Å². The van der Waals surface area contributed by atoms with Crippen LogP contribution in [-0.4, -0.2) is 22.0 Å². The first-order valence-corrected chi connectivity index (χ1v) is 11.2. The van der Waals surface area contributed by atoms with Gasteiger partial charge in [0.1, 0.15) is 0 Å². The Morgan fingerprint density at radius 2 is 1.58 bits per heavy atom. The predicted octanol–water partition coefficient (Wildman–Crippen LogP) is 5.57. The van der Waals surface area contributed by atoms with Crippen LogP contribution in [0.2, 0.25) is 0 Å². The summed E-state index contributed by atoms with van der Waals surface area (Å²) in [6.07, 6.45) is 0. The molecular formula is C22H18IN3O4S. The number of anilines is 2. The van der Waals surface area contributed by atoms with E-state index in [-0.39, 0.29) is 22.4 Å². The van der Waals surface area contributed by atoms with Crippen LogP contribution in [0.1, 0.15) is 17.3 Å². The molecule has 0 spiro atoms. The van der Waals surface area contributed by atoms with Gasteiger partial charge in [-0.05, 0) is 84.1 Å². The van der Waals surface area contributed by atoms with Gasteiger partial charge in [0, 0.05) is 37.5 Å². The van der Waals surface area contributed by atoms with Gasteiger partial charge in [-0.1, -0.05) is 6.07 Å². The Kier molecular flexibility index (Phi) is 7.64. The van der Waals surface area contributed by atoms with E-state index in [1.54, 1.807) is 12.1 Å². The molecule has 31 heavy (non-hydrogen) atoms. The van der Waals surface area contributed by atoms with E-state index >= 15 is 0 Å². The van der Waals surface area contributed by atoms with Crippen LogP contribution < -0.4 is 10.6 Å². The number of thioether (sulfide) groups is 1. The van der Waals surface area contributed by atoms with Crippen LogP contribution in [0, 0.1) is 13.7 Å². The highest BCUT2D eigenvalue weighted by Gasteiger charge is 2.15. The van der Waals surface area contributed by atoms with Crippen molar-refractivity contribution >= 4 is 63.2 Å². The van der Waals surface area contributed by atoms with Gasteiger partial charge in [0.15, 0.2) is 0 Å². The molecule has 2 amide bonds. The summed E-state index contributed by atoms with van der Waals surface area (Å²) < 4.78 is 1.09. The minimum Gasteiger partial charge on any atom is -0.325 e. The smallest absolute Gasteiger partial charge is 0.270 e. The molecule has 0 saturated heterocycles. The van der Waals surface area contributed by atoms with Crippen LogP contribution in [0.5, 0.6) is 0 Å². The first-order valence-electron chi connectivity index (χ1n) is 9.21. The SMILES string of the molecule is CC(Sc1ccc(NC(=O)c2cccc([N+](=O)[O-])c2)cc1)C(=O)Nc1ccc(I)cc1. The van der Waals surface area contributed by atoms with Gasteiger partial charge in [-0.15, -0.1) is 11.8 Å². The zero-order valence-electron chi connectivity index (χ0n) is 16.4. The second-order valence-corrected chi connectivity index (χ2v) is 9.20. The first kappa shape index (κ1) is 22.8. The molecule has 158 valence electrons. The molecule has 0 aromatic heterocycles. The number of hydrogen-bond acceptors (Lipinski definition) is 5. The lowest BCUT2D eigenvalue weighted by Crippen LogP contribution is -2.22. The Balaban J connectivity index is 1.57. The van der Waals surface area contributed by atoms with Crippen molar-refractivity contribution in [3.63, 3.8) is 0 Å². The Morgan fingerprint density at radius 3 is 2.23 bits per heavy atom. The van der Waals surface area contributed by atoms with E-state index in [0.717, 1.165) is 14.2 Å². The van der Waals surface area contributed by atoms with Gasteiger partial charge in [-0.2, -0.15) is 0 Å². The molecule has 1 unspecified atom stereocenters. The molecule has 0 aliphatic heterocycles. The Hall–Kier alpha value is -2.92. The second-order valence-electron chi connectivity index (χ2n) is 6.54. The molecule has 0 bridgehead atoms. The topological polar surface area (TPSA) is 101 Å². The lowest BCUT2D eigenvalue weighted by Gasteiger charge is -2.13. The highest BCUT2D eigenvalue weighted by atomic mass is 127. The van der Waals surface area contributed by atoms with E-state index in [9.17, 15) is 19.7 Å². The van der Waals surface area contributed by atoms with E-state index in [1.165, 1.54) is 36.0 Å². The van der Waals surface area contributed by atoms with Gasteiger partial charge in [-0.25, -0.2) is 0 Å². The molecule has 3 aromatic rings. The molecule has 9 heteroatoms. The monoisotopic (exact) mass is 547 g/mol. The van der Waals surface area contributed by atoms with Crippen molar-refractivity contribution in [2.24, 2.45) is 0 Å². The lowest BCUT2D eigenvalue weighted by molar-refractivity contribution is -0.384. The van der Waals surface area contributed by atoms with Crippen LogP contribution in [0.25, 0.3) is 0 Å². The number of nitro groups is 1. The summed E-state index contributed by atoms with van der Waals surface area (Å²) in [5.74, 6) is -0.538. The number of benzene rings is 3. The Labute approximate surface area is 196 Å². The molecule has 3 aromatic carbocycles. The summed E-state index contributed by atoms with van der Waals surface area (Å²) in [4.78, 5) is 35.9. The summed E-state index contributed by atoms with van der Waals surface area (Å²) in [6, 6.07) is 20.2. The van der Waals surface area contributed by atoms with Crippen molar-refractivity contribution in [2.75, 3.05) is 10.6 Å². The number of hydrogen-bond donors (Lipinski definition) is 2. The van der Waals surface area contributed by atoms with Crippen molar-refractivity contribution in [3.05, 3.63) is 92.0 Å². The lowest BCUT2D eigenvalue weighted by atomic mass is 10.2. The van der Waals surface area contributed by atoms with Crippen LogP contribution in [0.4, 0.5) is 17.1 Å². The number of carbonyl (C=O) groups is 2. The maximum atomic E-state index is 12.4. The fraction of sp³-hybridized carbons (Fsp3) is 0.0909. The zero-order valence-corrected chi connectivity index (χ0v) is 19.3. The van der Waals surface area contributed by atoms with Crippen LogP contribution in [0.3, 0.4) is 0 Å². The van der Waals surface area contributed by atoms with Crippen molar-refractivity contribution in [2.45, 2.75) is 17.1 Å². The normalized spacial score (nSPS) is 11.4. The number of nitrogens with zero attached hydrogens (tertiary/aromatic N) is 1. The molecular weight excluding hydrogens is 529 g/mol. The van der Waals surface area contributed by atoms with Gasteiger partial charge >= 0.3 is 0 Å². The average molecular weight is 547 g/mol. The number of non-ortho nitro benzene ring substituents is 1. The van der Waals surface area contributed by atoms with Crippen LogP contribution in [0.15, 0.2) is 77.7 Å². The second kappa shape index (κ2) is 10.4. The maximum absolute atomic E-state index is 12.4. The molecule has 0 fully saturated rings. The predicted molar refractivity (Wildman–Crippen MR) is 131 cm³/mol. The Bertz CT molecular complexity index is 1100. The quantitative estimate of drug-likeness (QED) is 0.174. The number of nitrogens with one attached hydrogen (secondary N) is 2. The highest BCUT2D eigenvalue weighted by molar-refractivity contribution is 14.1. The van der Waals surface area contributed by atoms with Gasteiger partial charge in [0.2, 0.25) is 5.91 Å². The number of nitro benzene ring substituents is 1. The van der Waals surface area contributed by atoms with Crippen molar-refractivity contribution in [1.29, 1.82) is 0 Å². The van der Waals surface area contributed by atoms with E-state index in [2.05, 4.69) is 33.2 Å². The van der Waals surface area contributed by atoms with Gasteiger partial charge in [0.05, 0.1) is 10.2 Å². The van der Waals surface area contributed by atoms with Crippen molar-refractivity contribution in [3.8, 4) is 0 Å². The molecule has 0 heterocycles. The van der Waals surface area contributed by atoms with E-state index in [1.807, 2.05) is 43.3 Å². The third-order valence-corrected chi connectivity index (χ3v) is 6.06. The molecule has 0 saturated carbocycles. The number of amides is 2. The first-order chi connectivity index (χ1) is 14.8. The van der Waals surface area contributed by atoms with E-state index in [0.29, 0.717) is 5.69 Å². The fourth-order valence-corrected chi connectivity index (χ4v) is 3.84. The van der Waals surface area contributed by atoms with Crippen LogP contribution >= 0.6 is 34.4 Å². The standard InChI is InChI=1S/C22H18IN3O4S/c1-14(21(27)24-17-7-5-16(23)6-8-17)31-20-11-9-18(10-12-20)25-22(28)15-3-2-4-19(13-15)26(29)30/h2-14H,1H3,(H,24,27)(H,25,28). The summed E-state index contributed by atoms with van der Waals surface area (Å²) >= 11 is 3.61. The number of carbonyl (C=O) groups excluding carboxylic acids is 2. The third-order valence-electron chi connectivity index (χ3n) is 4.23. The summed E-state index contributed by atoms with van der Waals surface area (Å²) in [7, 11) is 0. The summed E-state index contributed by atoms with van der Waals surface area (Å²) in [6.45, 7) is 1.82. The minimum atomic E-state index is -0.543. The molecule has 7 nitrogen and oxygen atoms in total. The minimum absolute atomic E-state index is 0.103. The molecule has 0 radical (unpaired) electrons. The molecule has 0 aliphatic carbocycles.